The van der Waals surface area contributed by atoms with Gasteiger partial charge in [-0.1, -0.05) is 43.3 Å². The van der Waals surface area contributed by atoms with E-state index < -0.39 is 0 Å². The molecule has 0 saturated heterocycles. The van der Waals surface area contributed by atoms with E-state index in [4.69, 9.17) is 9.72 Å². The van der Waals surface area contributed by atoms with Crippen molar-refractivity contribution in [3.8, 4) is 5.75 Å². The summed E-state index contributed by atoms with van der Waals surface area (Å²) < 4.78 is 7.31. The summed E-state index contributed by atoms with van der Waals surface area (Å²) in [6.45, 7) is 7.51. The Morgan fingerprint density at radius 2 is 2.03 bits per heavy atom. The molecule has 160 valence electrons. The molecule has 0 saturated carbocycles. The summed E-state index contributed by atoms with van der Waals surface area (Å²) in [5.41, 5.74) is 1.000. The van der Waals surface area contributed by atoms with Crippen molar-refractivity contribution in [1.29, 1.82) is 0 Å². The molecule has 0 radical (unpaired) electrons. The smallest absolute Gasteiger partial charge is 0.263 e. The molecule has 0 spiro atoms. The summed E-state index contributed by atoms with van der Waals surface area (Å²) in [5, 5.41) is 4.17. The molecular formula is C22H27N3O3S2. The maximum atomic E-state index is 13.1. The molecule has 3 aromatic rings. The molecule has 1 amide bonds. The molecule has 6 nitrogen and oxygen atoms in total. The molecular weight excluding hydrogens is 418 g/mol. The van der Waals surface area contributed by atoms with E-state index in [1.54, 1.807) is 4.57 Å². The molecule has 1 aromatic carbocycles. The third-order valence-electron chi connectivity index (χ3n) is 4.76. The first-order chi connectivity index (χ1) is 14.5. The fraction of sp³-hybridized carbons (Fsp3) is 0.409. The highest BCUT2D eigenvalue weighted by Gasteiger charge is 2.17. The number of carbonyl (C=O) groups is 1. The number of unbranched alkanes of at least 4 members (excludes halogenated alkanes) is 1. The summed E-state index contributed by atoms with van der Waals surface area (Å²) >= 11 is 2.84. The van der Waals surface area contributed by atoms with Crippen LogP contribution in [0.5, 0.6) is 5.75 Å². The largest absolute Gasteiger partial charge is 0.492 e. The number of rotatable bonds is 10. The number of benzene rings is 1. The summed E-state index contributed by atoms with van der Waals surface area (Å²) in [7, 11) is 0. The van der Waals surface area contributed by atoms with E-state index in [1.807, 2.05) is 44.2 Å². The zero-order chi connectivity index (χ0) is 21.5. The van der Waals surface area contributed by atoms with Gasteiger partial charge in [0.2, 0.25) is 5.91 Å². The number of aromatic nitrogens is 2. The van der Waals surface area contributed by atoms with Gasteiger partial charge in [-0.3, -0.25) is 14.2 Å². The molecule has 30 heavy (non-hydrogen) atoms. The van der Waals surface area contributed by atoms with Crippen molar-refractivity contribution in [2.45, 2.75) is 45.3 Å². The second kappa shape index (κ2) is 10.6. The van der Waals surface area contributed by atoms with Gasteiger partial charge >= 0.3 is 0 Å². The predicted molar refractivity (Wildman–Crippen MR) is 124 cm³/mol. The maximum Gasteiger partial charge on any atom is 0.263 e. The van der Waals surface area contributed by atoms with Crippen LogP contribution < -0.4 is 15.6 Å². The van der Waals surface area contributed by atoms with Crippen LogP contribution in [-0.2, 0) is 11.3 Å². The highest BCUT2D eigenvalue weighted by atomic mass is 32.2. The highest BCUT2D eigenvalue weighted by Crippen LogP contribution is 2.28. The van der Waals surface area contributed by atoms with Gasteiger partial charge in [0.25, 0.3) is 5.56 Å². The van der Waals surface area contributed by atoms with Crippen LogP contribution in [0.25, 0.3) is 10.2 Å². The van der Waals surface area contributed by atoms with Gasteiger partial charge in [-0.25, -0.2) is 4.98 Å². The number of hydrogen-bond donors (Lipinski definition) is 1. The second-order valence-corrected chi connectivity index (χ2v) is 9.11. The van der Waals surface area contributed by atoms with E-state index in [0.717, 1.165) is 33.9 Å². The number of nitrogens with one attached hydrogen (secondary N) is 1. The van der Waals surface area contributed by atoms with Gasteiger partial charge in [0.15, 0.2) is 5.16 Å². The minimum absolute atomic E-state index is 0.00512. The molecule has 0 unspecified atom stereocenters. The van der Waals surface area contributed by atoms with Crippen LogP contribution in [0.1, 0.15) is 30.2 Å². The lowest BCUT2D eigenvalue weighted by Gasteiger charge is -2.12. The van der Waals surface area contributed by atoms with Crippen molar-refractivity contribution in [3.63, 3.8) is 0 Å². The molecule has 0 aliphatic rings. The molecule has 0 aliphatic heterocycles. The predicted octanol–water partition coefficient (Wildman–Crippen LogP) is 4.16. The number of aryl methyl sites for hydroxylation is 2. The zero-order valence-corrected chi connectivity index (χ0v) is 19.2. The van der Waals surface area contributed by atoms with Crippen molar-refractivity contribution in [1.82, 2.24) is 14.9 Å². The Balaban J connectivity index is 1.62. The van der Waals surface area contributed by atoms with Crippen LogP contribution in [-0.4, -0.2) is 34.4 Å². The van der Waals surface area contributed by atoms with Gasteiger partial charge < -0.3 is 10.1 Å². The van der Waals surface area contributed by atoms with E-state index in [-0.39, 0.29) is 17.2 Å². The average Bonchev–Trinajstić information content (AvgIpc) is 3.03. The molecule has 2 aromatic heterocycles. The van der Waals surface area contributed by atoms with Gasteiger partial charge in [-0.2, -0.15) is 0 Å². The van der Waals surface area contributed by atoms with Crippen LogP contribution in [0.3, 0.4) is 0 Å². The summed E-state index contributed by atoms with van der Waals surface area (Å²) in [4.78, 5) is 31.9. The molecule has 0 atom stereocenters. The van der Waals surface area contributed by atoms with Crippen molar-refractivity contribution in [3.05, 3.63) is 51.1 Å². The minimum Gasteiger partial charge on any atom is -0.492 e. The van der Waals surface area contributed by atoms with Gasteiger partial charge in [-0.05, 0) is 38.0 Å². The average molecular weight is 446 g/mol. The normalized spacial score (nSPS) is 11.0. The molecule has 3 rings (SSSR count). The van der Waals surface area contributed by atoms with E-state index in [9.17, 15) is 9.59 Å². The number of hydrogen-bond acceptors (Lipinski definition) is 6. The van der Waals surface area contributed by atoms with Gasteiger partial charge in [-0.15, -0.1) is 11.3 Å². The van der Waals surface area contributed by atoms with Crippen molar-refractivity contribution in [2.24, 2.45) is 0 Å². The van der Waals surface area contributed by atoms with E-state index in [2.05, 4.69) is 12.2 Å². The first-order valence-electron chi connectivity index (χ1n) is 10.1. The number of thiophene rings is 1. The number of carbonyl (C=O) groups excluding carboxylic acids is 1. The first-order valence-corrected chi connectivity index (χ1v) is 11.9. The summed E-state index contributed by atoms with van der Waals surface area (Å²) in [6.07, 6.45) is 1.88. The fourth-order valence-electron chi connectivity index (χ4n) is 2.99. The zero-order valence-electron chi connectivity index (χ0n) is 17.6. The second-order valence-electron chi connectivity index (χ2n) is 6.97. The van der Waals surface area contributed by atoms with Crippen molar-refractivity contribution in [2.75, 3.05) is 18.9 Å². The Morgan fingerprint density at radius 3 is 2.77 bits per heavy atom. The standard InChI is InChI=1S/C22H27N3O3S2/c1-4-5-12-25-21(27)19-15(2)16(3)30-20(19)24-22(25)29-14-18(26)23-11-13-28-17-9-7-6-8-10-17/h6-10H,4-5,11-14H2,1-3H3,(H,23,26). The van der Waals surface area contributed by atoms with E-state index in [0.29, 0.717) is 30.2 Å². The Labute approximate surface area is 184 Å². The topological polar surface area (TPSA) is 73.2 Å². The summed E-state index contributed by atoms with van der Waals surface area (Å²) in [6, 6.07) is 9.49. The Kier molecular flexibility index (Phi) is 7.93. The molecule has 0 fully saturated rings. The van der Waals surface area contributed by atoms with Crippen LogP contribution in [0.4, 0.5) is 0 Å². The molecule has 0 bridgehead atoms. The maximum absolute atomic E-state index is 13.1. The lowest BCUT2D eigenvalue weighted by atomic mass is 10.2. The van der Waals surface area contributed by atoms with Crippen LogP contribution in [0, 0.1) is 13.8 Å². The Hall–Kier alpha value is -2.32. The third kappa shape index (κ3) is 5.43. The van der Waals surface area contributed by atoms with Crippen LogP contribution in [0.2, 0.25) is 0 Å². The van der Waals surface area contributed by atoms with Crippen molar-refractivity contribution >= 4 is 39.2 Å². The Morgan fingerprint density at radius 1 is 1.27 bits per heavy atom. The molecule has 2 heterocycles. The lowest BCUT2D eigenvalue weighted by molar-refractivity contribution is -0.118. The van der Waals surface area contributed by atoms with Gasteiger partial charge in [0.05, 0.1) is 17.7 Å². The molecule has 1 N–H and O–H groups in total. The third-order valence-corrected chi connectivity index (χ3v) is 6.84. The quantitative estimate of drug-likeness (QED) is 0.288. The monoisotopic (exact) mass is 445 g/mol. The number of amides is 1. The minimum atomic E-state index is -0.105. The first kappa shape index (κ1) is 22.4. The van der Waals surface area contributed by atoms with Gasteiger partial charge in [0.1, 0.15) is 17.2 Å². The number of ether oxygens (including phenoxy) is 1. The SMILES string of the molecule is CCCCn1c(SCC(=O)NCCOc2ccccc2)nc2sc(C)c(C)c2c1=O. The summed E-state index contributed by atoms with van der Waals surface area (Å²) in [5.74, 6) is 0.880. The fourth-order valence-corrected chi connectivity index (χ4v) is 4.92. The number of thioether (sulfide) groups is 1. The molecule has 0 aliphatic carbocycles. The Bertz CT molecular complexity index is 1060. The van der Waals surface area contributed by atoms with E-state index >= 15 is 0 Å². The van der Waals surface area contributed by atoms with E-state index in [1.165, 1.54) is 23.1 Å². The number of nitrogens with zero attached hydrogens (tertiary/aromatic N) is 2. The van der Waals surface area contributed by atoms with Crippen molar-refractivity contribution < 1.29 is 9.53 Å². The van der Waals surface area contributed by atoms with Gasteiger partial charge in [0, 0.05) is 11.4 Å². The number of fused-ring (bicyclic) bond motifs is 1. The lowest BCUT2D eigenvalue weighted by Crippen LogP contribution is -2.30. The number of para-hydroxylation sites is 1. The molecule has 8 heteroatoms. The van der Waals surface area contributed by atoms with Crippen LogP contribution in [0.15, 0.2) is 40.3 Å². The van der Waals surface area contributed by atoms with Crippen LogP contribution >= 0.6 is 23.1 Å². The highest BCUT2D eigenvalue weighted by molar-refractivity contribution is 7.99.